The van der Waals surface area contributed by atoms with Crippen LogP contribution < -0.4 is 0 Å². The largest absolute Gasteiger partial charge is 0.479 e. The fraction of sp³-hybridized carbons (Fsp3) is 0.533. The molecule has 3 heteroatoms. The number of ether oxygens (including phenoxy) is 1. The van der Waals surface area contributed by atoms with Crippen molar-refractivity contribution in [3.63, 3.8) is 0 Å². The summed E-state index contributed by atoms with van der Waals surface area (Å²) in [6, 6.07) is 7.82. The SMILES string of the molecule is O=C(O)C1(OC2CCC2)CCCc2ccccc21. The molecule has 2 aliphatic carbocycles. The second kappa shape index (κ2) is 4.39. The molecule has 1 fully saturated rings. The summed E-state index contributed by atoms with van der Waals surface area (Å²) < 4.78 is 6.00. The highest BCUT2D eigenvalue weighted by atomic mass is 16.5. The minimum absolute atomic E-state index is 0.132. The van der Waals surface area contributed by atoms with Crippen LogP contribution in [0.25, 0.3) is 0 Å². The van der Waals surface area contributed by atoms with Crippen LogP contribution in [0, 0.1) is 0 Å². The Morgan fingerprint density at radius 2 is 2.06 bits per heavy atom. The lowest BCUT2D eigenvalue weighted by atomic mass is 9.78. The molecule has 2 aliphatic rings. The van der Waals surface area contributed by atoms with E-state index in [9.17, 15) is 9.90 Å². The van der Waals surface area contributed by atoms with Gasteiger partial charge in [-0.25, -0.2) is 4.79 Å². The van der Waals surface area contributed by atoms with Gasteiger partial charge in [-0.15, -0.1) is 0 Å². The quantitative estimate of drug-likeness (QED) is 0.892. The second-order valence-corrected chi connectivity index (χ2v) is 5.31. The number of carboxylic acids is 1. The van der Waals surface area contributed by atoms with Gasteiger partial charge in [0.25, 0.3) is 0 Å². The number of hydrogen-bond acceptors (Lipinski definition) is 2. The maximum atomic E-state index is 11.8. The number of carboxylic acid groups (broad SMARTS) is 1. The highest BCUT2D eigenvalue weighted by molar-refractivity contribution is 5.80. The third-order valence-electron chi connectivity index (χ3n) is 4.19. The van der Waals surface area contributed by atoms with Gasteiger partial charge in [0.05, 0.1) is 6.10 Å². The van der Waals surface area contributed by atoms with Gasteiger partial charge in [0, 0.05) is 0 Å². The number of benzene rings is 1. The molecule has 0 aromatic heterocycles. The summed E-state index contributed by atoms with van der Waals surface area (Å²) in [6.45, 7) is 0. The van der Waals surface area contributed by atoms with Crippen LogP contribution in [-0.4, -0.2) is 17.2 Å². The summed E-state index contributed by atoms with van der Waals surface area (Å²) in [5.74, 6) is -0.832. The average molecular weight is 246 g/mol. The molecule has 3 nitrogen and oxygen atoms in total. The molecule has 0 radical (unpaired) electrons. The van der Waals surface area contributed by atoms with Crippen LogP contribution in [0.2, 0.25) is 0 Å². The van der Waals surface area contributed by atoms with Crippen LogP contribution in [-0.2, 0) is 21.6 Å². The molecule has 1 atom stereocenters. The van der Waals surface area contributed by atoms with Crippen LogP contribution in [0.3, 0.4) is 0 Å². The van der Waals surface area contributed by atoms with Crippen molar-refractivity contribution in [1.82, 2.24) is 0 Å². The molecule has 0 saturated heterocycles. The van der Waals surface area contributed by atoms with Crippen molar-refractivity contribution in [3.05, 3.63) is 35.4 Å². The van der Waals surface area contributed by atoms with Crippen molar-refractivity contribution in [2.24, 2.45) is 0 Å². The van der Waals surface area contributed by atoms with Gasteiger partial charge in [0.15, 0.2) is 5.60 Å². The van der Waals surface area contributed by atoms with E-state index in [1.165, 1.54) is 0 Å². The molecule has 1 saturated carbocycles. The third kappa shape index (κ3) is 1.74. The van der Waals surface area contributed by atoms with Gasteiger partial charge in [0.1, 0.15) is 0 Å². The Morgan fingerprint density at radius 3 is 2.72 bits per heavy atom. The summed E-state index contributed by atoms with van der Waals surface area (Å²) in [4.78, 5) is 11.8. The first-order valence-electron chi connectivity index (χ1n) is 6.72. The van der Waals surface area contributed by atoms with Gasteiger partial charge in [-0.3, -0.25) is 0 Å². The van der Waals surface area contributed by atoms with E-state index in [1.54, 1.807) is 0 Å². The van der Waals surface area contributed by atoms with E-state index < -0.39 is 11.6 Å². The zero-order chi connectivity index (χ0) is 12.6. The van der Waals surface area contributed by atoms with Crippen molar-refractivity contribution >= 4 is 5.97 Å². The lowest BCUT2D eigenvalue weighted by Gasteiger charge is -2.40. The van der Waals surface area contributed by atoms with Crippen molar-refractivity contribution < 1.29 is 14.6 Å². The summed E-state index contributed by atoms with van der Waals surface area (Å²) in [5, 5.41) is 9.68. The van der Waals surface area contributed by atoms with E-state index in [-0.39, 0.29) is 6.10 Å². The Labute approximate surface area is 107 Å². The Kier molecular flexibility index (Phi) is 2.86. The van der Waals surface area contributed by atoms with Crippen molar-refractivity contribution in [3.8, 4) is 0 Å². The maximum absolute atomic E-state index is 11.8. The molecule has 0 aliphatic heterocycles. The van der Waals surface area contributed by atoms with Gasteiger partial charge in [-0.05, 0) is 49.7 Å². The molecule has 1 aromatic rings. The number of aliphatic carboxylic acids is 1. The summed E-state index contributed by atoms with van der Waals surface area (Å²) >= 11 is 0. The van der Waals surface area contributed by atoms with E-state index >= 15 is 0 Å². The van der Waals surface area contributed by atoms with E-state index in [0.717, 1.165) is 43.2 Å². The van der Waals surface area contributed by atoms with Crippen LogP contribution in [0.1, 0.15) is 43.2 Å². The number of aryl methyl sites for hydroxylation is 1. The zero-order valence-corrected chi connectivity index (χ0v) is 10.4. The topological polar surface area (TPSA) is 46.5 Å². The molecule has 3 rings (SSSR count). The lowest BCUT2D eigenvalue weighted by Crippen LogP contribution is -2.45. The van der Waals surface area contributed by atoms with Gasteiger partial charge in [0.2, 0.25) is 0 Å². The molecule has 0 heterocycles. The highest BCUT2D eigenvalue weighted by Gasteiger charge is 2.47. The average Bonchev–Trinajstić information content (AvgIpc) is 2.33. The number of carbonyl (C=O) groups is 1. The summed E-state index contributed by atoms with van der Waals surface area (Å²) in [6.07, 6.45) is 5.72. The number of hydrogen-bond donors (Lipinski definition) is 1. The third-order valence-corrected chi connectivity index (χ3v) is 4.19. The molecular weight excluding hydrogens is 228 g/mol. The Morgan fingerprint density at radius 1 is 1.28 bits per heavy atom. The first-order valence-corrected chi connectivity index (χ1v) is 6.72. The van der Waals surface area contributed by atoms with E-state index in [0.29, 0.717) is 6.42 Å². The van der Waals surface area contributed by atoms with Gasteiger partial charge < -0.3 is 9.84 Å². The Balaban J connectivity index is 2.01. The summed E-state index contributed by atoms with van der Waals surface area (Å²) in [7, 11) is 0. The smallest absolute Gasteiger partial charge is 0.340 e. The molecular formula is C15H18O3. The molecule has 1 N–H and O–H groups in total. The Bertz CT molecular complexity index is 465. The minimum Gasteiger partial charge on any atom is -0.479 e. The fourth-order valence-corrected chi connectivity index (χ4v) is 2.96. The standard InChI is InChI=1S/C15H18O3/c16-14(17)15(18-12-7-3-8-12)10-4-6-11-5-1-2-9-13(11)15/h1-2,5,9,12H,3-4,6-8,10H2,(H,16,17). The van der Waals surface area contributed by atoms with Gasteiger partial charge in [-0.2, -0.15) is 0 Å². The zero-order valence-electron chi connectivity index (χ0n) is 10.4. The van der Waals surface area contributed by atoms with E-state index in [2.05, 4.69) is 0 Å². The minimum atomic E-state index is -1.10. The molecule has 0 spiro atoms. The molecule has 1 aromatic carbocycles. The van der Waals surface area contributed by atoms with Gasteiger partial charge in [-0.1, -0.05) is 24.3 Å². The summed E-state index contributed by atoms with van der Waals surface area (Å²) in [5.41, 5.74) is 0.904. The number of fused-ring (bicyclic) bond motifs is 1. The molecule has 96 valence electrons. The molecule has 18 heavy (non-hydrogen) atoms. The Hall–Kier alpha value is -1.35. The monoisotopic (exact) mass is 246 g/mol. The lowest BCUT2D eigenvalue weighted by molar-refractivity contribution is -0.186. The second-order valence-electron chi connectivity index (χ2n) is 5.31. The molecule has 0 amide bonds. The molecule has 1 unspecified atom stereocenters. The maximum Gasteiger partial charge on any atom is 0.340 e. The van der Waals surface area contributed by atoms with Crippen LogP contribution in [0.4, 0.5) is 0 Å². The first kappa shape index (κ1) is 11.7. The van der Waals surface area contributed by atoms with Crippen LogP contribution in [0.5, 0.6) is 0 Å². The van der Waals surface area contributed by atoms with Gasteiger partial charge >= 0.3 is 5.97 Å². The van der Waals surface area contributed by atoms with Crippen LogP contribution in [0.15, 0.2) is 24.3 Å². The van der Waals surface area contributed by atoms with Crippen LogP contribution >= 0.6 is 0 Å². The van der Waals surface area contributed by atoms with Crippen molar-refractivity contribution in [2.75, 3.05) is 0 Å². The van der Waals surface area contributed by atoms with Crippen molar-refractivity contribution in [2.45, 2.75) is 50.2 Å². The predicted molar refractivity (Wildman–Crippen MR) is 67.4 cm³/mol. The molecule has 0 bridgehead atoms. The predicted octanol–water partition coefficient (Wildman–Crippen LogP) is 2.87. The highest BCUT2D eigenvalue weighted by Crippen LogP contribution is 2.42. The van der Waals surface area contributed by atoms with E-state index in [4.69, 9.17) is 4.74 Å². The normalized spacial score (nSPS) is 27.3. The number of rotatable bonds is 3. The van der Waals surface area contributed by atoms with E-state index in [1.807, 2.05) is 24.3 Å². The first-order chi connectivity index (χ1) is 8.72. The fourth-order valence-electron chi connectivity index (χ4n) is 2.96. The van der Waals surface area contributed by atoms with Crippen molar-refractivity contribution in [1.29, 1.82) is 0 Å².